The highest BCUT2D eigenvalue weighted by Crippen LogP contribution is 2.30. The molecular formula is C28H33N3O4. The molecule has 0 atom stereocenters. The molecule has 0 unspecified atom stereocenters. The van der Waals surface area contributed by atoms with Gasteiger partial charge in [0.15, 0.2) is 6.61 Å². The summed E-state index contributed by atoms with van der Waals surface area (Å²) in [6.07, 6.45) is 5.91. The summed E-state index contributed by atoms with van der Waals surface area (Å²) in [7, 11) is 1.69. The van der Waals surface area contributed by atoms with Crippen LogP contribution < -0.4 is 10.1 Å². The SMILES string of the molecule is COCCn1ccc2c(OCC(=O)NC3CCC(CN4Cc5ccccc5C4=O)CC3)cccc21. The second-order valence-electron chi connectivity index (χ2n) is 9.61. The van der Waals surface area contributed by atoms with Crippen molar-refractivity contribution in [3.63, 3.8) is 0 Å². The molecule has 35 heavy (non-hydrogen) atoms. The minimum atomic E-state index is -0.0885. The van der Waals surface area contributed by atoms with E-state index < -0.39 is 0 Å². The summed E-state index contributed by atoms with van der Waals surface area (Å²) in [5, 5.41) is 4.14. The third-order valence-electron chi connectivity index (χ3n) is 7.26. The van der Waals surface area contributed by atoms with Crippen molar-refractivity contribution >= 4 is 22.7 Å². The quantitative estimate of drug-likeness (QED) is 0.508. The van der Waals surface area contributed by atoms with E-state index in [-0.39, 0.29) is 24.5 Å². The number of benzene rings is 2. The topological polar surface area (TPSA) is 72.8 Å². The number of nitrogens with zero attached hydrogens (tertiary/aromatic N) is 2. The fourth-order valence-corrected chi connectivity index (χ4v) is 5.38. The first kappa shape index (κ1) is 23.4. The molecule has 7 nitrogen and oxygen atoms in total. The van der Waals surface area contributed by atoms with Gasteiger partial charge in [-0.05, 0) is 61.4 Å². The van der Waals surface area contributed by atoms with Gasteiger partial charge in [-0.2, -0.15) is 0 Å². The number of nitrogens with one attached hydrogen (secondary N) is 1. The molecule has 2 heterocycles. The summed E-state index contributed by atoms with van der Waals surface area (Å²) in [5.74, 6) is 1.26. The van der Waals surface area contributed by atoms with Crippen LogP contribution in [0.4, 0.5) is 0 Å². The molecule has 0 spiro atoms. The molecular weight excluding hydrogens is 442 g/mol. The second kappa shape index (κ2) is 10.5. The van der Waals surface area contributed by atoms with Crippen LogP contribution in [0.25, 0.3) is 10.9 Å². The number of amides is 2. The molecule has 0 bridgehead atoms. The largest absolute Gasteiger partial charge is 0.483 e. The lowest BCUT2D eigenvalue weighted by molar-refractivity contribution is -0.124. The van der Waals surface area contributed by atoms with Gasteiger partial charge in [0.05, 0.1) is 12.1 Å². The molecule has 1 fully saturated rings. The van der Waals surface area contributed by atoms with E-state index in [0.717, 1.165) is 60.8 Å². The summed E-state index contributed by atoms with van der Waals surface area (Å²) in [5.41, 5.74) is 3.04. The Kier molecular flexibility index (Phi) is 7.04. The summed E-state index contributed by atoms with van der Waals surface area (Å²) in [4.78, 5) is 27.2. The highest BCUT2D eigenvalue weighted by Gasteiger charge is 2.30. The Morgan fingerprint density at radius 1 is 1.06 bits per heavy atom. The second-order valence-corrected chi connectivity index (χ2v) is 9.61. The maximum Gasteiger partial charge on any atom is 0.258 e. The maximum absolute atomic E-state index is 12.6. The van der Waals surface area contributed by atoms with Crippen molar-refractivity contribution in [3.8, 4) is 5.75 Å². The number of hydrogen-bond donors (Lipinski definition) is 1. The van der Waals surface area contributed by atoms with Crippen molar-refractivity contribution in [1.82, 2.24) is 14.8 Å². The van der Waals surface area contributed by atoms with Gasteiger partial charge >= 0.3 is 0 Å². The first-order valence-corrected chi connectivity index (χ1v) is 12.5. The molecule has 3 aromatic rings. The van der Waals surface area contributed by atoms with Gasteiger partial charge in [0, 0.05) is 49.9 Å². The van der Waals surface area contributed by atoms with Crippen LogP contribution in [-0.4, -0.2) is 54.2 Å². The maximum atomic E-state index is 12.6. The van der Waals surface area contributed by atoms with E-state index in [9.17, 15) is 9.59 Å². The third-order valence-corrected chi connectivity index (χ3v) is 7.26. The van der Waals surface area contributed by atoms with E-state index in [1.165, 1.54) is 0 Å². The molecule has 2 amide bonds. The summed E-state index contributed by atoms with van der Waals surface area (Å²) in [6, 6.07) is 16.0. The van der Waals surface area contributed by atoms with Crippen LogP contribution in [0.1, 0.15) is 41.6 Å². The average molecular weight is 476 g/mol. The molecule has 184 valence electrons. The zero-order valence-corrected chi connectivity index (χ0v) is 20.2. The Labute approximate surface area is 206 Å². The molecule has 1 N–H and O–H groups in total. The standard InChI is InChI=1S/C28H33N3O4/c1-34-16-15-30-14-13-24-25(30)7-4-8-26(24)35-19-27(32)29-22-11-9-20(10-12-22)17-31-18-21-5-2-3-6-23(21)28(31)33/h2-8,13-14,20,22H,9-12,15-19H2,1H3,(H,29,32). The Morgan fingerprint density at radius 2 is 1.89 bits per heavy atom. The van der Waals surface area contributed by atoms with Crippen LogP contribution in [0.2, 0.25) is 0 Å². The normalized spacial score (nSPS) is 19.7. The summed E-state index contributed by atoms with van der Waals surface area (Å²) >= 11 is 0. The molecule has 0 radical (unpaired) electrons. The van der Waals surface area contributed by atoms with Crippen LogP contribution in [0.15, 0.2) is 54.7 Å². The Balaban J connectivity index is 1.07. The zero-order chi connectivity index (χ0) is 24.2. The summed E-state index contributed by atoms with van der Waals surface area (Å²) in [6.45, 7) is 2.92. The van der Waals surface area contributed by atoms with E-state index in [2.05, 4.69) is 9.88 Å². The van der Waals surface area contributed by atoms with Gasteiger partial charge in [-0.1, -0.05) is 24.3 Å². The number of rotatable bonds is 9. The molecule has 2 aliphatic rings. The van der Waals surface area contributed by atoms with Crippen LogP contribution >= 0.6 is 0 Å². The van der Waals surface area contributed by atoms with Gasteiger partial charge in [-0.15, -0.1) is 0 Å². The van der Waals surface area contributed by atoms with Crippen molar-refractivity contribution in [2.45, 2.75) is 44.8 Å². The van der Waals surface area contributed by atoms with E-state index in [0.29, 0.717) is 24.8 Å². The molecule has 7 heteroatoms. The van der Waals surface area contributed by atoms with Crippen molar-refractivity contribution in [3.05, 3.63) is 65.9 Å². The van der Waals surface area contributed by atoms with Gasteiger partial charge in [0.1, 0.15) is 5.75 Å². The highest BCUT2D eigenvalue weighted by atomic mass is 16.5. The Hall–Kier alpha value is -3.32. The number of aromatic nitrogens is 1. The molecule has 1 aromatic heterocycles. The van der Waals surface area contributed by atoms with Gasteiger partial charge in [0.2, 0.25) is 0 Å². The number of carbonyl (C=O) groups is 2. The van der Waals surface area contributed by atoms with Crippen molar-refractivity contribution < 1.29 is 19.1 Å². The van der Waals surface area contributed by atoms with E-state index in [1.54, 1.807) is 7.11 Å². The Bertz CT molecular complexity index is 1200. The predicted molar refractivity (Wildman–Crippen MR) is 134 cm³/mol. The van der Waals surface area contributed by atoms with Gasteiger partial charge in [-0.25, -0.2) is 0 Å². The number of hydrogen-bond acceptors (Lipinski definition) is 4. The lowest BCUT2D eigenvalue weighted by Crippen LogP contribution is -2.41. The number of methoxy groups -OCH3 is 1. The van der Waals surface area contributed by atoms with Crippen LogP contribution in [0.3, 0.4) is 0 Å². The van der Waals surface area contributed by atoms with Gasteiger partial charge < -0.3 is 24.3 Å². The predicted octanol–water partition coefficient (Wildman–Crippen LogP) is 4.00. The number of fused-ring (bicyclic) bond motifs is 2. The van der Waals surface area contributed by atoms with Crippen molar-refractivity contribution in [2.24, 2.45) is 5.92 Å². The van der Waals surface area contributed by atoms with E-state index >= 15 is 0 Å². The van der Waals surface area contributed by atoms with E-state index in [1.807, 2.05) is 59.6 Å². The van der Waals surface area contributed by atoms with Crippen LogP contribution in [0.5, 0.6) is 5.75 Å². The molecule has 1 aliphatic carbocycles. The van der Waals surface area contributed by atoms with E-state index in [4.69, 9.17) is 9.47 Å². The lowest BCUT2D eigenvalue weighted by Gasteiger charge is -2.31. The molecule has 5 rings (SSSR count). The van der Waals surface area contributed by atoms with Crippen LogP contribution in [-0.2, 0) is 22.6 Å². The monoisotopic (exact) mass is 475 g/mol. The van der Waals surface area contributed by atoms with Gasteiger partial charge in [0.25, 0.3) is 11.8 Å². The molecule has 2 aromatic carbocycles. The molecule has 0 saturated heterocycles. The minimum absolute atomic E-state index is 0.00281. The first-order valence-electron chi connectivity index (χ1n) is 12.5. The highest BCUT2D eigenvalue weighted by molar-refractivity contribution is 5.98. The Morgan fingerprint density at radius 3 is 2.69 bits per heavy atom. The van der Waals surface area contributed by atoms with Crippen molar-refractivity contribution in [2.75, 3.05) is 26.9 Å². The number of ether oxygens (including phenoxy) is 2. The average Bonchev–Trinajstić information content (AvgIpc) is 3.44. The smallest absolute Gasteiger partial charge is 0.258 e. The summed E-state index contributed by atoms with van der Waals surface area (Å²) < 4.78 is 13.2. The van der Waals surface area contributed by atoms with Crippen LogP contribution in [0, 0.1) is 5.92 Å². The molecule has 1 saturated carbocycles. The fourth-order valence-electron chi connectivity index (χ4n) is 5.38. The fraction of sp³-hybridized carbons (Fsp3) is 0.429. The minimum Gasteiger partial charge on any atom is -0.483 e. The number of carbonyl (C=O) groups excluding carboxylic acids is 2. The molecule has 1 aliphatic heterocycles. The van der Waals surface area contributed by atoms with Gasteiger partial charge in [-0.3, -0.25) is 9.59 Å². The third kappa shape index (κ3) is 5.20. The van der Waals surface area contributed by atoms with Crippen molar-refractivity contribution in [1.29, 1.82) is 0 Å². The zero-order valence-electron chi connectivity index (χ0n) is 20.2. The lowest BCUT2D eigenvalue weighted by atomic mass is 9.85. The first-order chi connectivity index (χ1) is 17.1.